The molecule has 0 radical (unpaired) electrons. The molecule has 0 bridgehead atoms. The molecule has 0 spiro atoms. The normalized spacial score (nSPS) is 27.3. The zero-order valence-corrected chi connectivity index (χ0v) is 7.89. The maximum absolute atomic E-state index is 3.17. The van der Waals surface area contributed by atoms with Gasteiger partial charge >= 0.3 is 0 Å². The summed E-state index contributed by atoms with van der Waals surface area (Å²) in [7, 11) is 0. The first kappa shape index (κ1) is 8.97. The molecule has 1 fully saturated rings. The molecule has 1 unspecified atom stereocenters. The van der Waals surface area contributed by atoms with Crippen molar-refractivity contribution in [3.63, 3.8) is 0 Å². The summed E-state index contributed by atoms with van der Waals surface area (Å²) in [5.41, 5.74) is 6.33. The maximum Gasteiger partial charge on any atom is 0.0421 e. The molecule has 0 aromatic rings. The average molecular weight is 157 g/mol. The van der Waals surface area contributed by atoms with E-state index in [1.54, 1.807) is 0 Å². The Labute approximate surface area is 69.1 Å². The molecule has 2 N–H and O–H groups in total. The largest absolute Gasteiger partial charge is 0.242 e. The van der Waals surface area contributed by atoms with Gasteiger partial charge in [-0.2, -0.15) is 5.53 Å². The molecule has 1 heterocycles. The lowest BCUT2D eigenvalue weighted by molar-refractivity contribution is 0.108. The SMILES string of the molecule is CC(C)C1CNNN1C(C)C. The molecule has 1 saturated heterocycles. The standard InChI is InChI=1S/C8H19N3/c1-6(2)8-5-9-10-11(8)7(3)4/h6-10H,5H2,1-4H3. The van der Waals surface area contributed by atoms with Crippen molar-refractivity contribution in [2.45, 2.75) is 39.8 Å². The van der Waals surface area contributed by atoms with Crippen LogP contribution in [0.1, 0.15) is 27.7 Å². The summed E-state index contributed by atoms with van der Waals surface area (Å²) in [6, 6.07) is 1.20. The van der Waals surface area contributed by atoms with E-state index in [1.807, 2.05) is 0 Å². The number of hydrazine groups is 2. The Morgan fingerprint density at radius 1 is 1.27 bits per heavy atom. The highest BCUT2D eigenvalue weighted by Crippen LogP contribution is 2.13. The van der Waals surface area contributed by atoms with E-state index in [0.717, 1.165) is 6.54 Å². The number of rotatable bonds is 2. The zero-order valence-electron chi connectivity index (χ0n) is 7.89. The maximum atomic E-state index is 3.17. The van der Waals surface area contributed by atoms with E-state index >= 15 is 0 Å². The molecule has 1 aliphatic rings. The topological polar surface area (TPSA) is 27.3 Å². The molecule has 0 amide bonds. The van der Waals surface area contributed by atoms with Crippen LogP contribution < -0.4 is 11.0 Å². The number of hydrogen-bond donors (Lipinski definition) is 2. The van der Waals surface area contributed by atoms with Crippen molar-refractivity contribution in [2.24, 2.45) is 5.92 Å². The van der Waals surface area contributed by atoms with Crippen LogP contribution in [0, 0.1) is 5.92 Å². The summed E-state index contributed by atoms with van der Waals surface area (Å²) >= 11 is 0. The first-order chi connectivity index (χ1) is 5.13. The molecule has 0 aromatic carbocycles. The summed E-state index contributed by atoms with van der Waals surface area (Å²) in [4.78, 5) is 0. The third kappa shape index (κ3) is 1.92. The van der Waals surface area contributed by atoms with Crippen molar-refractivity contribution in [1.29, 1.82) is 0 Å². The lowest BCUT2D eigenvalue weighted by atomic mass is 10.0. The van der Waals surface area contributed by atoms with Crippen LogP contribution in [0.4, 0.5) is 0 Å². The lowest BCUT2D eigenvalue weighted by Gasteiger charge is -2.28. The van der Waals surface area contributed by atoms with Crippen LogP contribution in [-0.4, -0.2) is 23.6 Å². The molecule has 1 atom stereocenters. The molecule has 3 nitrogen and oxygen atoms in total. The molecule has 66 valence electrons. The minimum Gasteiger partial charge on any atom is -0.242 e. The first-order valence-electron chi connectivity index (χ1n) is 4.39. The Morgan fingerprint density at radius 3 is 2.27 bits per heavy atom. The summed E-state index contributed by atoms with van der Waals surface area (Å²) in [6.45, 7) is 9.98. The summed E-state index contributed by atoms with van der Waals surface area (Å²) in [5, 5.41) is 2.28. The van der Waals surface area contributed by atoms with Crippen LogP contribution >= 0.6 is 0 Å². The van der Waals surface area contributed by atoms with Gasteiger partial charge in [-0.15, -0.1) is 0 Å². The molecule has 0 aromatic heterocycles. The third-order valence-electron chi connectivity index (χ3n) is 2.20. The number of nitrogens with one attached hydrogen (secondary N) is 2. The van der Waals surface area contributed by atoms with Gasteiger partial charge in [0.05, 0.1) is 0 Å². The zero-order chi connectivity index (χ0) is 8.43. The van der Waals surface area contributed by atoms with Gasteiger partial charge in [0.25, 0.3) is 0 Å². The van der Waals surface area contributed by atoms with E-state index in [-0.39, 0.29) is 0 Å². The van der Waals surface area contributed by atoms with Crippen LogP contribution in [0.5, 0.6) is 0 Å². The smallest absolute Gasteiger partial charge is 0.0421 e. The Bertz CT molecular complexity index is 109. The quantitative estimate of drug-likeness (QED) is 0.619. The first-order valence-corrected chi connectivity index (χ1v) is 4.39. The second kappa shape index (κ2) is 3.52. The fraction of sp³-hybridized carbons (Fsp3) is 1.00. The second-order valence-electron chi connectivity index (χ2n) is 3.81. The van der Waals surface area contributed by atoms with Crippen molar-refractivity contribution in [3.8, 4) is 0 Å². The highest BCUT2D eigenvalue weighted by atomic mass is 15.7. The predicted octanol–water partition coefficient (Wildman–Crippen LogP) is 0.744. The molecule has 0 aliphatic carbocycles. The highest BCUT2D eigenvalue weighted by Gasteiger charge is 2.28. The van der Waals surface area contributed by atoms with Crippen molar-refractivity contribution >= 4 is 0 Å². The second-order valence-corrected chi connectivity index (χ2v) is 3.81. The van der Waals surface area contributed by atoms with Crippen LogP contribution in [0.25, 0.3) is 0 Å². The van der Waals surface area contributed by atoms with E-state index in [4.69, 9.17) is 0 Å². The van der Waals surface area contributed by atoms with E-state index in [1.165, 1.54) is 0 Å². The van der Waals surface area contributed by atoms with Crippen LogP contribution in [0.15, 0.2) is 0 Å². The summed E-state index contributed by atoms with van der Waals surface area (Å²) in [6.07, 6.45) is 0. The minimum atomic E-state index is 0.567. The summed E-state index contributed by atoms with van der Waals surface area (Å²) in [5.74, 6) is 0.708. The van der Waals surface area contributed by atoms with E-state index in [9.17, 15) is 0 Å². The number of hydrogen-bond acceptors (Lipinski definition) is 3. The van der Waals surface area contributed by atoms with Crippen molar-refractivity contribution in [3.05, 3.63) is 0 Å². The monoisotopic (exact) mass is 157 g/mol. The third-order valence-corrected chi connectivity index (χ3v) is 2.20. The lowest BCUT2D eigenvalue weighted by Crippen LogP contribution is -2.46. The van der Waals surface area contributed by atoms with E-state index < -0.39 is 0 Å². The van der Waals surface area contributed by atoms with Gasteiger partial charge in [-0.25, -0.2) is 10.4 Å². The van der Waals surface area contributed by atoms with Crippen molar-refractivity contribution in [1.82, 2.24) is 16.0 Å². The molecule has 1 rings (SSSR count). The summed E-state index contributed by atoms with van der Waals surface area (Å²) < 4.78 is 0. The molecular formula is C8H19N3. The Hall–Kier alpha value is -0.120. The van der Waals surface area contributed by atoms with E-state index in [0.29, 0.717) is 18.0 Å². The molecule has 11 heavy (non-hydrogen) atoms. The van der Waals surface area contributed by atoms with Gasteiger partial charge in [-0.05, 0) is 19.8 Å². The minimum absolute atomic E-state index is 0.567. The van der Waals surface area contributed by atoms with Gasteiger partial charge < -0.3 is 0 Å². The van der Waals surface area contributed by atoms with Crippen LogP contribution in [0.2, 0.25) is 0 Å². The van der Waals surface area contributed by atoms with Crippen LogP contribution in [-0.2, 0) is 0 Å². The van der Waals surface area contributed by atoms with Crippen molar-refractivity contribution in [2.75, 3.05) is 6.54 Å². The van der Waals surface area contributed by atoms with Gasteiger partial charge in [0, 0.05) is 18.6 Å². The van der Waals surface area contributed by atoms with Gasteiger partial charge in [-0.3, -0.25) is 0 Å². The van der Waals surface area contributed by atoms with Gasteiger partial charge in [0.1, 0.15) is 0 Å². The van der Waals surface area contributed by atoms with Gasteiger partial charge in [-0.1, -0.05) is 13.8 Å². The highest BCUT2D eigenvalue weighted by molar-refractivity contribution is 4.79. The fourth-order valence-corrected chi connectivity index (χ4v) is 1.49. The Kier molecular flexibility index (Phi) is 2.87. The average Bonchev–Trinajstić information content (AvgIpc) is 2.32. The molecule has 1 aliphatic heterocycles. The van der Waals surface area contributed by atoms with Crippen LogP contribution in [0.3, 0.4) is 0 Å². The molecule has 0 saturated carbocycles. The van der Waals surface area contributed by atoms with Gasteiger partial charge in [0.2, 0.25) is 0 Å². The molecule has 3 heteroatoms. The Balaban J connectivity index is 2.51. The molecular weight excluding hydrogens is 138 g/mol. The van der Waals surface area contributed by atoms with Gasteiger partial charge in [0.15, 0.2) is 0 Å². The fourth-order valence-electron chi connectivity index (χ4n) is 1.49. The Morgan fingerprint density at radius 2 is 1.91 bits per heavy atom. The van der Waals surface area contributed by atoms with Crippen molar-refractivity contribution < 1.29 is 0 Å². The van der Waals surface area contributed by atoms with E-state index in [2.05, 4.69) is 43.7 Å². The predicted molar refractivity (Wildman–Crippen MR) is 46.7 cm³/mol. The number of nitrogens with zero attached hydrogens (tertiary/aromatic N) is 1.